The number of carbonyl (C=O) groups is 3. The molecule has 4 rings (SSSR count). The number of aryl methyl sites for hydroxylation is 1. The van der Waals surface area contributed by atoms with Crippen LogP contribution in [0.4, 0.5) is 0 Å². The fraction of sp³-hybridized carbons (Fsp3) is 0.367. The normalized spacial score (nSPS) is 24.6. The van der Waals surface area contributed by atoms with E-state index in [1.54, 1.807) is 19.1 Å². The molecule has 11 nitrogen and oxygen atoms in total. The minimum atomic E-state index is -2.04. The van der Waals surface area contributed by atoms with Gasteiger partial charge in [-0.05, 0) is 66.8 Å². The Morgan fingerprint density at radius 2 is 1.44 bits per heavy atom. The zero-order chi connectivity index (χ0) is 29.7. The first kappa shape index (κ1) is 29.6. The molecular weight excluding hydrogens is 534 g/mol. The largest absolute Gasteiger partial charge is 0.508 e. The van der Waals surface area contributed by atoms with Crippen LogP contribution in [0.25, 0.3) is 12.2 Å². The topological polar surface area (TPSA) is 174 Å². The fourth-order valence-electron chi connectivity index (χ4n) is 4.96. The van der Waals surface area contributed by atoms with Gasteiger partial charge in [-0.15, -0.1) is 0 Å². The van der Waals surface area contributed by atoms with Gasteiger partial charge in [0.25, 0.3) is 5.91 Å². The number of nitrogens with zero attached hydrogens (tertiary/aromatic N) is 1. The van der Waals surface area contributed by atoms with Gasteiger partial charge in [-0.25, -0.2) is 9.59 Å². The molecule has 0 spiro atoms. The summed E-state index contributed by atoms with van der Waals surface area (Å²) in [7, 11) is 0. The van der Waals surface area contributed by atoms with Gasteiger partial charge in [0.1, 0.15) is 17.5 Å². The van der Waals surface area contributed by atoms with Gasteiger partial charge in [0.2, 0.25) is 0 Å². The van der Waals surface area contributed by atoms with Crippen LogP contribution in [0.1, 0.15) is 42.4 Å². The predicted molar refractivity (Wildman–Crippen MR) is 146 cm³/mol. The second kappa shape index (κ2) is 12.4. The van der Waals surface area contributed by atoms with E-state index in [1.807, 2.05) is 0 Å². The van der Waals surface area contributed by atoms with Crippen LogP contribution in [-0.2, 0) is 23.9 Å². The van der Waals surface area contributed by atoms with Gasteiger partial charge in [0.05, 0.1) is 6.10 Å². The summed E-state index contributed by atoms with van der Waals surface area (Å²) in [6.45, 7) is 2.64. The standard InChI is InChI=1S/C30H33NO10/c1-18-4-5-19(14-22(18)33)8-11-27(37)41-28-24(35)16-30(39,29(38)31-12-2-3-13-31)17-25(28)40-26(36)10-7-20-6-9-21(32)23(34)15-20/h4-11,14-15,24-25,28,32-35,39H,2-3,12-13,16-17H2,1H3/b10-7+,11-8+/t24-,25-,28?,30-/m1/s1. The predicted octanol–water partition coefficient (Wildman–Crippen LogP) is 2.17. The smallest absolute Gasteiger partial charge is 0.331 e. The van der Waals surface area contributed by atoms with Gasteiger partial charge in [-0.3, -0.25) is 4.79 Å². The first-order chi connectivity index (χ1) is 19.4. The van der Waals surface area contributed by atoms with Gasteiger partial charge in [0, 0.05) is 38.1 Å². The number of carbonyl (C=O) groups excluding carboxylic acids is 3. The lowest BCUT2D eigenvalue weighted by molar-refractivity contribution is -0.201. The molecule has 218 valence electrons. The third-order valence-electron chi connectivity index (χ3n) is 7.20. The van der Waals surface area contributed by atoms with Gasteiger partial charge in [-0.1, -0.05) is 18.2 Å². The summed E-state index contributed by atoms with van der Waals surface area (Å²) in [4.78, 5) is 40.0. The molecule has 2 aliphatic rings. The van der Waals surface area contributed by atoms with Crippen molar-refractivity contribution in [3.8, 4) is 17.2 Å². The van der Waals surface area contributed by atoms with Crippen LogP contribution in [0.5, 0.6) is 17.2 Å². The number of ether oxygens (including phenoxy) is 2. The summed E-state index contributed by atoms with van der Waals surface area (Å²) >= 11 is 0. The Morgan fingerprint density at radius 3 is 2.05 bits per heavy atom. The van der Waals surface area contributed by atoms with Crippen molar-refractivity contribution in [2.45, 2.75) is 56.5 Å². The summed E-state index contributed by atoms with van der Waals surface area (Å²) in [5.74, 6) is -3.05. The van der Waals surface area contributed by atoms with Crippen molar-refractivity contribution in [2.24, 2.45) is 0 Å². The number of benzene rings is 2. The average Bonchev–Trinajstić information content (AvgIpc) is 3.46. The molecule has 1 unspecified atom stereocenters. The number of hydrogen-bond donors (Lipinski definition) is 5. The van der Waals surface area contributed by atoms with Crippen LogP contribution in [0.15, 0.2) is 48.6 Å². The number of phenolic OH excluding ortho intramolecular Hbond substituents is 3. The molecule has 41 heavy (non-hydrogen) atoms. The summed E-state index contributed by atoms with van der Waals surface area (Å²) in [6.07, 6.45) is 1.26. The highest BCUT2D eigenvalue weighted by molar-refractivity contribution is 5.89. The molecule has 0 bridgehead atoms. The molecule has 0 radical (unpaired) electrons. The molecule has 1 aliphatic heterocycles. The van der Waals surface area contributed by atoms with Crippen LogP contribution < -0.4 is 0 Å². The Labute approximate surface area is 236 Å². The molecule has 1 aliphatic carbocycles. The van der Waals surface area contributed by atoms with E-state index in [0.717, 1.165) is 25.0 Å². The van der Waals surface area contributed by atoms with Crippen LogP contribution in [0.2, 0.25) is 0 Å². The number of esters is 2. The van der Waals surface area contributed by atoms with Crippen molar-refractivity contribution in [1.82, 2.24) is 4.90 Å². The number of aromatic hydroxyl groups is 3. The minimum absolute atomic E-state index is 0.0488. The molecular formula is C30H33NO10. The maximum Gasteiger partial charge on any atom is 0.331 e. The zero-order valence-corrected chi connectivity index (χ0v) is 22.5. The van der Waals surface area contributed by atoms with Gasteiger partial charge in [-0.2, -0.15) is 0 Å². The van der Waals surface area contributed by atoms with E-state index in [0.29, 0.717) is 29.8 Å². The van der Waals surface area contributed by atoms with E-state index in [4.69, 9.17) is 9.47 Å². The molecule has 2 aromatic carbocycles. The summed E-state index contributed by atoms with van der Waals surface area (Å²) in [6, 6.07) is 8.73. The molecule has 4 atom stereocenters. The molecule has 5 N–H and O–H groups in total. The first-order valence-corrected chi connectivity index (χ1v) is 13.2. The Hall–Kier alpha value is -4.35. The summed E-state index contributed by atoms with van der Waals surface area (Å²) < 4.78 is 10.9. The second-order valence-corrected chi connectivity index (χ2v) is 10.3. The van der Waals surface area contributed by atoms with Crippen molar-refractivity contribution < 1.29 is 49.4 Å². The van der Waals surface area contributed by atoms with Crippen molar-refractivity contribution in [2.75, 3.05) is 13.1 Å². The third-order valence-corrected chi connectivity index (χ3v) is 7.20. The first-order valence-electron chi connectivity index (χ1n) is 13.2. The van der Waals surface area contributed by atoms with E-state index in [9.17, 15) is 39.9 Å². The highest BCUT2D eigenvalue weighted by atomic mass is 16.6. The lowest BCUT2D eigenvalue weighted by Crippen LogP contribution is -2.60. The van der Waals surface area contributed by atoms with Crippen LogP contribution >= 0.6 is 0 Å². The Bertz CT molecular complexity index is 1360. The van der Waals surface area contributed by atoms with E-state index in [-0.39, 0.29) is 17.2 Å². The van der Waals surface area contributed by atoms with E-state index in [1.165, 1.54) is 41.3 Å². The van der Waals surface area contributed by atoms with Crippen molar-refractivity contribution in [3.05, 3.63) is 65.2 Å². The number of likely N-dealkylation sites (tertiary alicyclic amines) is 1. The molecule has 2 fully saturated rings. The number of hydrogen-bond acceptors (Lipinski definition) is 10. The number of phenols is 3. The minimum Gasteiger partial charge on any atom is -0.508 e. The second-order valence-electron chi connectivity index (χ2n) is 10.3. The van der Waals surface area contributed by atoms with Crippen LogP contribution in [0.3, 0.4) is 0 Å². The van der Waals surface area contributed by atoms with Crippen molar-refractivity contribution in [1.29, 1.82) is 0 Å². The number of aliphatic hydroxyl groups is 2. The lowest BCUT2D eigenvalue weighted by Gasteiger charge is -2.43. The maximum atomic E-state index is 13.1. The Morgan fingerprint density at radius 1 is 0.854 bits per heavy atom. The van der Waals surface area contributed by atoms with Crippen molar-refractivity contribution in [3.63, 3.8) is 0 Å². The Kier molecular flexibility index (Phi) is 8.99. The molecule has 1 heterocycles. The SMILES string of the molecule is Cc1ccc(/C=C/C(=O)OC2[C@H](O)C[C@](O)(C(=O)N3CCCC3)C[C@H]2OC(=O)/C=C/c2ccc(O)c(O)c2)cc1O. The van der Waals surface area contributed by atoms with Gasteiger partial charge < -0.3 is 39.9 Å². The number of aliphatic hydroxyl groups excluding tert-OH is 1. The van der Waals surface area contributed by atoms with E-state index < -0.39 is 54.6 Å². The molecule has 11 heteroatoms. The summed E-state index contributed by atoms with van der Waals surface area (Å²) in [5.41, 5.74) is -0.489. The van der Waals surface area contributed by atoms with Crippen LogP contribution in [-0.4, -0.2) is 85.3 Å². The van der Waals surface area contributed by atoms with Gasteiger partial charge in [0.15, 0.2) is 17.6 Å². The van der Waals surface area contributed by atoms with E-state index >= 15 is 0 Å². The maximum absolute atomic E-state index is 13.1. The summed E-state index contributed by atoms with van der Waals surface area (Å²) in [5, 5.41) is 51.2. The molecule has 2 aromatic rings. The number of rotatable bonds is 7. The molecule has 1 saturated carbocycles. The lowest BCUT2D eigenvalue weighted by atomic mass is 9.78. The van der Waals surface area contributed by atoms with Crippen molar-refractivity contribution >= 4 is 30.0 Å². The monoisotopic (exact) mass is 567 g/mol. The highest BCUT2D eigenvalue weighted by Gasteiger charge is 2.53. The Balaban J connectivity index is 1.52. The molecule has 0 aromatic heterocycles. The fourth-order valence-corrected chi connectivity index (χ4v) is 4.96. The third kappa shape index (κ3) is 7.24. The quantitative estimate of drug-likeness (QED) is 0.189. The van der Waals surface area contributed by atoms with Crippen LogP contribution in [0, 0.1) is 6.92 Å². The molecule has 1 amide bonds. The van der Waals surface area contributed by atoms with E-state index in [2.05, 4.69) is 0 Å². The zero-order valence-electron chi connectivity index (χ0n) is 22.5. The average molecular weight is 568 g/mol. The highest BCUT2D eigenvalue weighted by Crippen LogP contribution is 2.35. The number of amides is 1. The van der Waals surface area contributed by atoms with Gasteiger partial charge >= 0.3 is 11.9 Å². The molecule has 1 saturated heterocycles.